The van der Waals surface area contributed by atoms with Gasteiger partial charge in [-0.2, -0.15) is 0 Å². The van der Waals surface area contributed by atoms with Crippen molar-refractivity contribution in [3.05, 3.63) is 0 Å². The lowest BCUT2D eigenvalue weighted by Gasteiger charge is -2.27. The maximum absolute atomic E-state index is 11.5. The Balaban J connectivity index is 2.62. The Morgan fingerprint density at radius 2 is 2.29 bits per heavy atom. The number of alkyl halides is 1. The Kier molecular flexibility index (Phi) is 3.19. The van der Waals surface area contributed by atoms with Crippen molar-refractivity contribution in [1.82, 2.24) is 4.90 Å². The van der Waals surface area contributed by atoms with Crippen LogP contribution in [0.4, 0.5) is 0 Å². The SMILES string of the molecule is CC(C)(CN1CCC(Br)C1=O)C(N)=O. The minimum absolute atomic E-state index is 0.0549. The first-order valence-corrected chi connectivity index (χ1v) is 5.49. The van der Waals surface area contributed by atoms with Gasteiger partial charge >= 0.3 is 0 Å². The molecule has 0 spiro atoms. The van der Waals surface area contributed by atoms with E-state index in [1.165, 1.54) is 0 Å². The van der Waals surface area contributed by atoms with E-state index in [-0.39, 0.29) is 16.6 Å². The van der Waals surface area contributed by atoms with Crippen molar-refractivity contribution in [2.24, 2.45) is 11.1 Å². The summed E-state index contributed by atoms with van der Waals surface area (Å²) in [5.74, 6) is -0.317. The summed E-state index contributed by atoms with van der Waals surface area (Å²) >= 11 is 3.28. The largest absolute Gasteiger partial charge is 0.369 e. The van der Waals surface area contributed by atoms with Gasteiger partial charge in [0.2, 0.25) is 11.8 Å². The molecule has 0 aromatic carbocycles. The zero-order valence-electron chi connectivity index (χ0n) is 8.42. The molecular weight excluding hydrogens is 248 g/mol. The number of carbonyl (C=O) groups excluding carboxylic acids is 2. The van der Waals surface area contributed by atoms with E-state index in [1.807, 2.05) is 0 Å². The molecule has 0 radical (unpaired) electrons. The smallest absolute Gasteiger partial charge is 0.236 e. The number of rotatable bonds is 3. The third-order valence-electron chi connectivity index (χ3n) is 2.49. The maximum atomic E-state index is 11.5. The van der Waals surface area contributed by atoms with Crippen LogP contribution in [0.25, 0.3) is 0 Å². The lowest BCUT2D eigenvalue weighted by Crippen LogP contribution is -2.43. The number of primary amides is 1. The molecule has 0 saturated carbocycles. The zero-order valence-corrected chi connectivity index (χ0v) is 10.0. The molecule has 1 aliphatic rings. The van der Waals surface area contributed by atoms with Crippen LogP contribution in [0.2, 0.25) is 0 Å². The van der Waals surface area contributed by atoms with E-state index < -0.39 is 5.41 Å². The Hall–Kier alpha value is -0.580. The van der Waals surface area contributed by atoms with E-state index in [1.54, 1.807) is 18.7 Å². The fourth-order valence-corrected chi connectivity index (χ4v) is 1.91. The molecule has 14 heavy (non-hydrogen) atoms. The molecule has 2 amide bonds. The first-order chi connectivity index (χ1) is 6.34. The third-order valence-corrected chi connectivity index (χ3v) is 3.33. The van der Waals surface area contributed by atoms with Crippen LogP contribution >= 0.6 is 15.9 Å². The molecule has 4 nitrogen and oxygen atoms in total. The van der Waals surface area contributed by atoms with Gasteiger partial charge < -0.3 is 10.6 Å². The zero-order chi connectivity index (χ0) is 10.9. The average molecular weight is 263 g/mol. The minimum atomic E-state index is -0.646. The van der Waals surface area contributed by atoms with Gasteiger partial charge in [0.05, 0.1) is 10.2 Å². The molecule has 0 bridgehead atoms. The second kappa shape index (κ2) is 3.88. The van der Waals surface area contributed by atoms with Gasteiger partial charge in [0.25, 0.3) is 0 Å². The van der Waals surface area contributed by atoms with Gasteiger partial charge in [0.15, 0.2) is 0 Å². The second-order valence-electron chi connectivity index (χ2n) is 4.26. The highest BCUT2D eigenvalue weighted by Gasteiger charge is 2.35. The number of carbonyl (C=O) groups is 2. The fraction of sp³-hybridized carbons (Fsp3) is 0.778. The van der Waals surface area contributed by atoms with Gasteiger partial charge in [-0.1, -0.05) is 15.9 Å². The van der Waals surface area contributed by atoms with Gasteiger partial charge in [0.1, 0.15) is 0 Å². The van der Waals surface area contributed by atoms with Gasteiger partial charge in [-0.25, -0.2) is 0 Å². The van der Waals surface area contributed by atoms with Crippen LogP contribution in [0, 0.1) is 5.41 Å². The molecule has 1 atom stereocenters. The summed E-state index contributed by atoms with van der Waals surface area (Å²) < 4.78 is 0. The molecule has 80 valence electrons. The summed E-state index contributed by atoms with van der Waals surface area (Å²) in [6, 6.07) is 0. The molecule has 1 aliphatic heterocycles. The lowest BCUT2D eigenvalue weighted by atomic mass is 9.92. The molecule has 1 rings (SSSR count). The van der Waals surface area contributed by atoms with Crippen molar-refractivity contribution < 1.29 is 9.59 Å². The Labute approximate surface area is 91.9 Å². The van der Waals surface area contributed by atoms with Crippen LogP contribution < -0.4 is 5.73 Å². The van der Waals surface area contributed by atoms with Crippen molar-refractivity contribution in [2.75, 3.05) is 13.1 Å². The number of hydrogen-bond acceptors (Lipinski definition) is 2. The number of amides is 2. The third kappa shape index (κ3) is 2.26. The van der Waals surface area contributed by atoms with Crippen molar-refractivity contribution in [3.63, 3.8) is 0 Å². The van der Waals surface area contributed by atoms with Crippen LogP contribution in [0.15, 0.2) is 0 Å². The summed E-state index contributed by atoms with van der Waals surface area (Å²) in [5, 5.41) is 0. The molecular formula is C9H15BrN2O2. The van der Waals surface area contributed by atoms with E-state index in [0.29, 0.717) is 13.1 Å². The standard InChI is InChI=1S/C9H15BrN2O2/c1-9(2,8(11)14)5-12-4-3-6(10)7(12)13/h6H,3-5H2,1-2H3,(H2,11,14). The quantitative estimate of drug-likeness (QED) is 0.753. The number of likely N-dealkylation sites (tertiary alicyclic amines) is 1. The topological polar surface area (TPSA) is 63.4 Å². The van der Waals surface area contributed by atoms with Crippen LogP contribution in [0.1, 0.15) is 20.3 Å². The molecule has 5 heteroatoms. The van der Waals surface area contributed by atoms with Crippen molar-refractivity contribution in [2.45, 2.75) is 25.1 Å². The average Bonchev–Trinajstić information content (AvgIpc) is 2.35. The molecule has 0 aromatic rings. The normalized spacial score (nSPS) is 22.9. The van der Waals surface area contributed by atoms with Crippen molar-refractivity contribution in [1.29, 1.82) is 0 Å². The number of halogens is 1. The molecule has 1 unspecified atom stereocenters. The maximum Gasteiger partial charge on any atom is 0.236 e. The molecule has 0 aromatic heterocycles. The highest BCUT2D eigenvalue weighted by atomic mass is 79.9. The molecule has 0 aliphatic carbocycles. The van der Waals surface area contributed by atoms with Crippen molar-refractivity contribution >= 4 is 27.7 Å². The minimum Gasteiger partial charge on any atom is -0.369 e. The second-order valence-corrected chi connectivity index (χ2v) is 5.37. The molecule has 2 N–H and O–H groups in total. The number of nitrogens with zero attached hydrogens (tertiary/aromatic N) is 1. The van der Waals surface area contributed by atoms with E-state index in [9.17, 15) is 9.59 Å². The van der Waals surface area contributed by atoms with Crippen LogP contribution in [0.3, 0.4) is 0 Å². The van der Waals surface area contributed by atoms with Crippen LogP contribution in [-0.2, 0) is 9.59 Å². The Morgan fingerprint density at radius 1 is 1.71 bits per heavy atom. The van der Waals surface area contributed by atoms with E-state index >= 15 is 0 Å². The summed E-state index contributed by atoms with van der Waals surface area (Å²) in [6.45, 7) is 4.61. The van der Waals surface area contributed by atoms with Crippen LogP contribution in [-0.4, -0.2) is 34.6 Å². The predicted octanol–water partition coefficient (Wildman–Crippen LogP) is 0.494. The number of nitrogens with two attached hydrogens (primary N) is 1. The first-order valence-electron chi connectivity index (χ1n) is 4.57. The fourth-order valence-electron chi connectivity index (χ4n) is 1.41. The van der Waals surface area contributed by atoms with E-state index in [4.69, 9.17) is 5.73 Å². The summed E-state index contributed by atoms with van der Waals surface area (Å²) in [6.07, 6.45) is 0.799. The van der Waals surface area contributed by atoms with Gasteiger partial charge in [-0.3, -0.25) is 9.59 Å². The van der Waals surface area contributed by atoms with E-state index in [0.717, 1.165) is 6.42 Å². The summed E-state index contributed by atoms with van der Waals surface area (Å²) in [7, 11) is 0. The van der Waals surface area contributed by atoms with Gasteiger partial charge in [-0.15, -0.1) is 0 Å². The molecule has 1 saturated heterocycles. The van der Waals surface area contributed by atoms with Crippen molar-refractivity contribution in [3.8, 4) is 0 Å². The monoisotopic (exact) mass is 262 g/mol. The first kappa shape index (κ1) is 11.5. The summed E-state index contributed by atoms with van der Waals surface area (Å²) in [4.78, 5) is 24.2. The molecule has 1 heterocycles. The summed E-state index contributed by atoms with van der Waals surface area (Å²) in [5.41, 5.74) is 4.59. The highest BCUT2D eigenvalue weighted by Crippen LogP contribution is 2.23. The van der Waals surface area contributed by atoms with Gasteiger partial charge in [0, 0.05) is 13.1 Å². The van der Waals surface area contributed by atoms with Crippen LogP contribution in [0.5, 0.6) is 0 Å². The van der Waals surface area contributed by atoms with Gasteiger partial charge in [-0.05, 0) is 20.3 Å². The predicted molar refractivity (Wildman–Crippen MR) is 56.9 cm³/mol. The van der Waals surface area contributed by atoms with E-state index in [2.05, 4.69) is 15.9 Å². The lowest BCUT2D eigenvalue weighted by molar-refractivity contribution is -0.132. The molecule has 1 fully saturated rings. The highest BCUT2D eigenvalue weighted by molar-refractivity contribution is 9.10. The Morgan fingerprint density at radius 3 is 2.64 bits per heavy atom. The number of hydrogen-bond donors (Lipinski definition) is 1. The Bertz CT molecular complexity index is 266.